The number of aromatic nitrogens is 3. The zero-order chi connectivity index (χ0) is 22.3. The smallest absolute Gasteiger partial charge is 0.417 e. The summed E-state index contributed by atoms with van der Waals surface area (Å²) in [6, 6.07) is 5.07. The topological polar surface area (TPSA) is 91.0 Å². The van der Waals surface area contributed by atoms with Gasteiger partial charge in [-0.1, -0.05) is 0 Å². The second-order valence-electron chi connectivity index (χ2n) is 6.89. The van der Waals surface area contributed by atoms with E-state index in [1.807, 2.05) is 0 Å². The van der Waals surface area contributed by atoms with Crippen molar-refractivity contribution in [1.29, 1.82) is 0 Å². The molecule has 1 aromatic carbocycles. The van der Waals surface area contributed by atoms with Gasteiger partial charge in [0.25, 0.3) is 5.91 Å². The Balaban J connectivity index is 1.50. The summed E-state index contributed by atoms with van der Waals surface area (Å²) in [6.45, 7) is 0.774. The van der Waals surface area contributed by atoms with Gasteiger partial charge in [0.05, 0.1) is 17.3 Å². The number of aromatic carboxylic acids is 1. The normalized spacial score (nSPS) is 14.8. The minimum atomic E-state index is -4.78. The van der Waals surface area contributed by atoms with E-state index in [0.29, 0.717) is 29.7 Å². The van der Waals surface area contributed by atoms with Crippen LogP contribution in [-0.2, 0) is 6.18 Å². The van der Waals surface area contributed by atoms with Crippen LogP contribution in [0.5, 0.6) is 0 Å². The third-order valence-corrected chi connectivity index (χ3v) is 4.93. The molecule has 1 amide bonds. The molecule has 8 nitrogen and oxygen atoms in total. The average Bonchev–Trinajstić information content (AvgIpc) is 3.16. The molecule has 162 valence electrons. The van der Waals surface area contributed by atoms with Crippen molar-refractivity contribution in [2.75, 3.05) is 31.1 Å². The van der Waals surface area contributed by atoms with E-state index in [0.717, 1.165) is 0 Å². The predicted molar refractivity (Wildman–Crippen MR) is 99.5 cm³/mol. The van der Waals surface area contributed by atoms with Crippen LogP contribution in [0.3, 0.4) is 0 Å². The van der Waals surface area contributed by atoms with Crippen LogP contribution < -0.4 is 4.90 Å². The summed E-state index contributed by atoms with van der Waals surface area (Å²) < 4.78 is 54.5. The van der Waals surface area contributed by atoms with Crippen LogP contribution in [0.25, 0.3) is 5.65 Å². The maximum absolute atomic E-state index is 13.5. The molecular formula is C19H15F4N5O3. The van der Waals surface area contributed by atoms with E-state index in [4.69, 9.17) is 5.11 Å². The molecule has 1 saturated heterocycles. The number of hydrogen-bond acceptors (Lipinski definition) is 5. The molecule has 0 aliphatic carbocycles. The highest BCUT2D eigenvalue weighted by molar-refractivity contribution is 5.96. The number of carbonyl (C=O) groups is 2. The number of imidazole rings is 1. The number of halogens is 4. The van der Waals surface area contributed by atoms with Gasteiger partial charge in [-0.25, -0.2) is 18.7 Å². The van der Waals surface area contributed by atoms with Crippen molar-refractivity contribution in [1.82, 2.24) is 19.5 Å². The van der Waals surface area contributed by atoms with E-state index in [9.17, 15) is 27.2 Å². The number of carboxylic acid groups (broad SMARTS) is 1. The van der Waals surface area contributed by atoms with Gasteiger partial charge in [-0.05, 0) is 30.3 Å². The monoisotopic (exact) mass is 437 g/mol. The average molecular weight is 437 g/mol. The number of carbonyl (C=O) groups excluding carboxylic acids is 1. The number of amides is 1. The number of carboxylic acids is 1. The number of piperazine rings is 1. The van der Waals surface area contributed by atoms with Crippen LogP contribution in [-0.4, -0.2) is 62.7 Å². The van der Waals surface area contributed by atoms with Crippen molar-refractivity contribution in [3.8, 4) is 0 Å². The van der Waals surface area contributed by atoms with Crippen molar-refractivity contribution in [3.63, 3.8) is 0 Å². The molecule has 0 atom stereocenters. The molecule has 0 spiro atoms. The van der Waals surface area contributed by atoms with E-state index in [1.54, 1.807) is 17.0 Å². The zero-order valence-electron chi connectivity index (χ0n) is 15.8. The van der Waals surface area contributed by atoms with Crippen LogP contribution in [0.1, 0.15) is 26.4 Å². The summed E-state index contributed by atoms with van der Waals surface area (Å²) in [5.41, 5.74) is -1.71. The van der Waals surface area contributed by atoms with Crippen molar-refractivity contribution in [2.24, 2.45) is 0 Å². The highest BCUT2D eigenvalue weighted by Gasteiger charge is 2.37. The SMILES string of the molecule is O=C(O)c1cn2nc(N3CCN(C(=O)c4cc(F)ccc4C(F)(F)F)CC3)ccc2n1. The maximum atomic E-state index is 13.5. The molecule has 0 radical (unpaired) electrons. The summed E-state index contributed by atoms with van der Waals surface area (Å²) in [5, 5.41) is 13.3. The van der Waals surface area contributed by atoms with Gasteiger partial charge in [0, 0.05) is 26.2 Å². The second kappa shape index (κ2) is 7.52. The Bertz CT molecular complexity index is 1170. The Morgan fingerprint density at radius 1 is 1.03 bits per heavy atom. The Kier molecular flexibility index (Phi) is 4.99. The molecule has 0 bridgehead atoms. The third-order valence-electron chi connectivity index (χ3n) is 4.93. The first-order valence-corrected chi connectivity index (χ1v) is 9.14. The Labute approximate surface area is 172 Å². The van der Waals surface area contributed by atoms with E-state index in [-0.39, 0.29) is 31.9 Å². The van der Waals surface area contributed by atoms with Gasteiger partial charge in [-0.15, -0.1) is 5.10 Å². The summed E-state index contributed by atoms with van der Waals surface area (Å²) >= 11 is 0. The molecule has 31 heavy (non-hydrogen) atoms. The number of anilines is 1. The number of hydrogen-bond donors (Lipinski definition) is 1. The summed E-state index contributed by atoms with van der Waals surface area (Å²) in [5.74, 6) is -2.51. The molecule has 3 heterocycles. The van der Waals surface area contributed by atoms with Crippen molar-refractivity contribution in [2.45, 2.75) is 6.18 Å². The lowest BCUT2D eigenvalue weighted by molar-refractivity contribution is -0.138. The lowest BCUT2D eigenvalue weighted by Crippen LogP contribution is -2.49. The third kappa shape index (κ3) is 4.00. The van der Waals surface area contributed by atoms with Crippen LogP contribution in [0.4, 0.5) is 23.4 Å². The molecule has 1 N–H and O–H groups in total. The molecule has 4 rings (SSSR count). The maximum Gasteiger partial charge on any atom is 0.417 e. The first kappa shape index (κ1) is 20.6. The molecule has 0 saturated carbocycles. The molecule has 3 aromatic rings. The molecular weight excluding hydrogens is 422 g/mol. The predicted octanol–water partition coefficient (Wildman–Crippen LogP) is 2.55. The van der Waals surface area contributed by atoms with Crippen LogP contribution in [0.15, 0.2) is 36.5 Å². The fraction of sp³-hybridized carbons (Fsp3) is 0.263. The van der Waals surface area contributed by atoms with Gasteiger partial charge in [0.15, 0.2) is 11.3 Å². The lowest BCUT2D eigenvalue weighted by Gasteiger charge is -2.35. The minimum absolute atomic E-state index is 0.108. The Morgan fingerprint density at radius 2 is 1.74 bits per heavy atom. The van der Waals surface area contributed by atoms with Crippen molar-refractivity contribution in [3.05, 3.63) is 59.2 Å². The number of alkyl halides is 3. The fourth-order valence-corrected chi connectivity index (χ4v) is 3.39. The zero-order valence-corrected chi connectivity index (χ0v) is 15.8. The Morgan fingerprint density at radius 3 is 2.39 bits per heavy atom. The second-order valence-corrected chi connectivity index (χ2v) is 6.89. The summed E-state index contributed by atoms with van der Waals surface area (Å²) in [6.07, 6.45) is -3.51. The largest absolute Gasteiger partial charge is 0.476 e. The molecule has 2 aromatic heterocycles. The highest BCUT2D eigenvalue weighted by Crippen LogP contribution is 2.33. The van der Waals surface area contributed by atoms with Crippen molar-refractivity contribution >= 4 is 23.3 Å². The summed E-state index contributed by atoms with van der Waals surface area (Å²) in [7, 11) is 0. The van der Waals surface area contributed by atoms with Gasteiger partial charge in [-0.2, -0.15) is 13.2 Å². The number of benzene rings is 1. The van der Waals surface area contributed by atoms with Crippen molar-refractivity contribution < 1.29 is 32.3 Å². The first-order chi connectivity index (χ1) is 14.6. The molecule has 1 aliphatic heterocycles. The molecule has 12 heteroatoms. The quantitative estimate of drug-likeness (QED) is 0.634. The summed E-state index contributed by atoms with van der Waals surface area (Å²) in [4.78, 5) is 30.6. The number of fused-ring (bicyclic) bond motifs is 1. The van der Waals surface area contributed by atoms with Gasteiger partial charge >= 0.3 is 12.1 Å². The first-order valence-electron chi connectivity index (χ1n) is 9.14. The van der Waals surface area contributed by atoms with E-state index in [1.165, 1.54) is 15.6 Å². The lowest BCUT2D eigenvalue weighted by atomic mass is 10.0. The molecule has 1 fully saturated rings. The number of nitrogens with zero attached hydrogens (tertiary/aromatic N) is 5. The molecule has 1 aliphatic rings. The van der Waals surface area contributed by atoms with Gasteiger partial charge in [0.1, 0.15) is 11.6 Å². The van der Waals surface area contributed by atoms with Crippen LogP contribution >= 0.6 is 0 Å². The van der Waals surface area contributed by atoms with Gasteiger partial charge < -0.3 is 14.9 Å². The number of rotatable bonds is 3. The Hall–Kier alpha value is -3.70. The highest BCUT2D eigenvalue weighted by atomic mass is 19.4. The standard InChI is InChI=1S/C19H15F4N5O3/c20-11-1-2-13(19(21,22)23)12(9-11)17(29)27-7-5-26(6-8-27)16-4-3-15-24-14(18(30)31)10-28(15)25-16/h1-4,9-10H,5-8H2,(H,30,31). The van der Waals surface area contributed by atoms with E-state index < -0.39 is 35.0 Å². The van der Waals surface area contributed by atoms with Gasteiger partial charge in [-0.3, -0.25) is 4.79 Å². The van der Waals surface area contributed by atoms with Crippen LogP contribution in [0.2, 0.25) is 0 Å². The van der Waals surface area contributed by atoms with Gasteiger partial charge in [0.2, 0.25) is 0 Å². The fourth-order valence-electron chi connectivity index (χ4n) is 3.39. The van der Waals surface area contributed by atoms with Crippen LogP contribution in [0, 0.1) is 5.82 Å². The minimum Gasteiger partial charge on any atom is -0.476 e. The van der Waals surface area contributed by atoms with E-state index >= 15 is 0 Å². The molecule has 0 unspecified atom stereocenters. The van der Waals surface area contributed by atoms with E-state index in [2.05, 4.69) is 10.1 Å².